The van der Waals surface area contributed by atoms with Crippen LogP contribution in [-0.4, -0.2) is 25.0 Å². The molecule has 1 aromatic heterocycles. The Morgan fingerprint density at radius 2 is 2.05 bits per heavy atom. The largest absolute Gasteiger partial charge is 0.481 e. The first-order valence-corrected chi connectivity index (χ1v) is 7.50. The molecule has 4 nitrogen and oxygen atoms in total. The number of benzene rings is 1. The number of aromatic nitrogens is 1. The third kappa shape index (κ3) is 3.11. The van der Waals surface area contributed by atoms with Crippen molar-refractivity contribution < 1.29 is 9.53 Å². The summed E-state index contributed by atoms with van der Waals surface area (Å²) >= 11 is 0. The van der Waals surface area contributed by atoms with Gasteiger partial charge in [-0.05, 0) is 29.9 Å². The maximum Gasteiger partial charge on any atom is 0.227 e. The summed E-state index contributed by atoms with van der Waals surface area (Å²) in [6.07, 6.45) is 3.35. The van der Waals surface area contributed by atoms with Crippen LogP contribution in [0.1, 0.15) is 24.3 Å². The van der Waals surface area contributed by atoms with E-state index in [2.05, 4.69) is 29.2 Å². The fourth-order valence-electron chi connectivity index (χ4n) is 2.78. The molecule has 114 valence electrons. The van der Waals surface area contributed by atoms with Crippen LogP contribution in [0.2, 0.25) is 0 Å². The fourth-order valence-corrected chi connectivity index (χ4v) is 2.78. The van der Waals surface area contributed by atoms with Crippen molar-refractivity contribution in [3.05, 3.63) is 54.2 Å². The molecule has 22 heavy (non-hydrogen) atoms. The van der Waals surface area contributed by atoms with Gasteiger partial charge >= 0.3 is 0 Å². The molecule has 1 aliphatic carbocycles. The minimum Gasteiger partial charge on any atom is -0.481 e. The van der Waals surface area contributed by atoms with E-state index in [-0.39, 0.29) is 5.91 Å². The first kappa shape index (κ1) is 14.6. The fraction of sp³-hybridized carbons (Fsp3) is 0.333. The van der Waals surface area contributed by atoms with Crippen LogP contribution in [0.25, 0.3) is 0 Å². The Morgan fingerprint density at radius 3 is 2.68 bits per heavy atom. The lowest BCUT2D eigenvalue weighted by Crippen LogP contribution is -2.26. The van der Waals surface area contributed by atoms with E-state index in [1.807, 2.05) is 12.1 Å². The lowest BCUT2D eigenvalue weighted by molar-refractivity contribution is -0.118. The average molecular weight is 296 g/mol. The minimum atomic E-state index is 0.135. The summed E-state index contributed by atoms with van der Waals surface area (Å²) < 4.78 is 5.03. The molecule has 0 spiro atoms. The zero-order valence-electron chi connectivity index (χ0n) is 12.9. The lowest BCUT2D eigenvalue weighted by atomic mass is 10.1. The van der Waals surface area contributed by atoms with E-state index in [4.69, 9.17) is 4.74 Å². The number of hydrogen-bond acceptors (Lipinski definition) is 3. The number of carbonyl (C=O) groups is 1. The SMILES string of the molecule is COc1ccc(N(C)C(=O)C[C@@H]2C[C@H]2c2ccccc2)cn1. The Kier molecular flexibility index (Phi) is 4.09. The van der Waals surface area contributed by atoms with Crippen LogP contribution >= 0.6 is 0 Å². The molecule has 4 heteroatoms. The van der Waals surface area contributed by atoms with E-state index in [1.54, 1.807) is 31.3 Å². The van der Waals surface area contributed by atoms with Crippen molar-refractivity contribution in [2.45, 2.75) is 18.8 Å². The molecule has 1 fully saturated rings. The predicted molar refractivity (Wildman–Crippen MR) is 86.1 cm³/mol. The molecule has 1 aliphatic rings. The van der Waals surface area contributed by atoms with E-state index < -0.39 is 0 Å². The van der Waals surface area contributed by atoms with Crippen LogP contribution in [0.5, 0.6) is 5.88 Å². The summed E-state index contributed by atoms with van der Waals surface area (Å²) in [5.41, 5.74) is 2.14. The number of pyridine rings is 1. The number of anilines is 1. The summed E-state index contributed by atoms with van der Waals surface area (Å²) in [5.74, 6) is 1.68. The third-order valence-corrected chi connectivity index (χ3v) is 4.28. The molecule has 0 aliphatic heterocycles. The van der Waals surface area contributed by atoms with Crippen LogP contribution < -0.4 is 9.64 Å². The van der Waals surface area contributed by atoms with Gasteiger partial charge in [-0.3, -0.25) is 4.79 Å². The quantitative estimate of drug-likeness (QED) is 0.850. The second kappa shape index (κ2) is 6.18. The van der Waals surface area contributed by atoms with Crippen molar-refractivity contribution in [2.75, 3.05) is 19.1 Å². The Hall–Kier alpha value is -2.36. The third-order valence-electron chi connectivity index (χ3n) is 4.28. The summed E-state index contributed by atoms with van der Waals surface area (Å²) in [5, 5.41) is 0. The number of carbonyl (C=O) groups excluding carboxylic acids is 1. The zero-order chi connectivity index (χ0) is 15.5. The second-order valence-corrected chi connectivity index (χ2v) is 5.73. The molecule has 2 aromatic rings. The molecule has 0 N–H and O–H groups in total. The van der Waals surface area contributed by atoms with E-state index in [9.17, 15) is 4.79 Å². The van der Waals surface area contributed by atoms with Gasteiger partial charge in [-0.15, -0.1) is 0 Å². The minimum absolute atomic E-state index is 0.135. The van der Waals surface area contributed by atoms with Gasteiger partial charge in [0.1, 0.15) is 0 Å². The Labute approximate surface area is 130 Å². The number of methoxy groups -OCH3 is 1. The van der Waals surface area contributed by atoms with Crippen molar-refractivity contribution in [1.29, 1.82) is 0 Å². The van der Waals surface area contributed by atoms with E-state index in [0.29, 0.717) is 24.1 Å². The van der Waals surface area contributed by atoms with Gasteiger partial charge in [0, 0.05) is 19.5 Å². The van der Waals surface area contributed by atoms with Crippen molar-refractivity contribution in [3.63, 3.8) is 0 Å². The monoisotopic (exact) mass is 296 g/mol. The zero-order valence-corrected chi connectivity index (χ0v) is 12.9. The van der Waals surface area contributed by atoms with Crippen LogP contribution in [0.15, 0.2) is 48.7 Å². The number of amides is 1. The van der Waals surface area contributed by atoms with Crippen molar-refractivity contribution in [1.82, 2.24) is 4.98 Å². The van der Waals surface area contributed by atoms with Crippen LogP contribution in [-0.2, 0) is 4.79 Å². The van der Waals surface area contributed by atoms with Crippen molar-refractivity contribution in [3.8, 4) is 5.88 Å². The maximum atomic E-state index is 12.4. The molecule has 1 aromatic carbocycles. The predicted octanol–water partition coefficient (Wildman–Crippen LogP) is 3.25. The molecular formula is C18H20N2O2. The van der Waals surface area contributed by atoms with Crippen molar-refractivity contribution >= 4 is 11.6 Å². The van der Waals surface area contributed by atoms with Gasteiger partial charge in [-0.1, -0.05) is 30.3 Å². The Bertz CT molecular complexity index is 640. The van der Waals surface area contributed by atoms with Gasteiger partial charge < -0.3 is 9.64 Å². The van der Waals surface area contributed by atoms with E-state index in [0.717, 1.165) is 12.1 Å². The van der Waals surface area contributed by atoms with E-state index in [1.165, 1.54) is 5.56 Å². The van der Waals surface area contributed by atoms with E-state index >= 15 is 0 Å². The lowest BCUT2D eigenvalue weighted by Gasteiger charge is -2.17. The first-order chi connectivity index (χ1) is 10.7. The molecule has 0 radical (unpaired) electrons. The molecule has 0 bridgehead atoms. The van der Waals surface area contributed by atoms with Crippen LogP contribution in [0.3, 0.4) is 0 Å². The summed E-state index contributed by atoms with van der Waals surface area (Å²) in [6, 6.07) is 14.0. The molecule has 1 amide bonds. The standard InChI is InChI=1S/C18H20N2O2/c1-20(15-8-9-17(22-2)19-12-15)18(21)11-14-10-16(14)13-6-4-3-5-7-13/h3-9,12,14,16H,10-11H2,1-2H3/t14-,16-/m0/s1. The number of hydrogen-bond donors (Lipinski definition) is 0. The molecule has 3 rings (SSSR count). The number of ether oxygens (including phenoxy) is 1. The van der Waals surface area contributed by atoms with Crippen LogP contribution in [0, 0.1) is 5.92 Å². The Morgan fingerprint density at radius 1 is 1.27 bits per heavy atom. The maximum absolute atomic E-state index is 12.4. The summed E-state index contributed by atoms with van der Waals surface area (Å²) in [7, 11) is 3.37. The van der Waals surface area contributed by atoms with Gasteiger partial charge in [0.25, 0.3) is 0 Å². The van der Waals surface area contributed by atoms with Crippen LogP contribution in [0.4, 0.5) is 5.69 Å². The van der Waals surface area contributed by atoms with Gasteiger partial charge in [0.15, 0.2) is 0 Å². The Balaban J connectivity index is 1.58. The first-order valence-electron chi connectivity index (χ1n) is 7.50. The highest BCUT2D eigenvalue weighted by Gasteiger charge is 2.39. The summed E-state index contributed by atoms with van der Waals surface area (Å²) in [4.78, 5) is 18.2. The van der Waals surface area contributed by atoms with Gasteiger partial charge in [-0.2, -0.15) is 0 Å². The highest BCUT2D eigenvalue weighted by molar-refractivity contribution is 5.93. The summed E-state index contributed by atoms with van der Waals surface area (Å²) in [6.45, 7) is 0. The molecule has 0 unspecified atom stereocenters. The molecule has 1 saturated carbocycles. The average Bonchev–Trinajstić information content (AvgIpc) is 3.34. The second-order valence-electron chi connectivity index (χ2n) is 5.73. The van der Waals surface area contributed by atoms with Crippen molar-refractivity contribution in [2.24, 2.45) is 5.92 Å². The highest BCUT2D eigenvalue weighted by Crippen LogP contribution is 2.49. The topological polar surface area (TPSA) is 42.4 Å². The molecular weight excluding hydrogens is 276 g/mol. The smallest absolute Gasteiger partial charge is 0.227 e. The number of nitrogens with zero attached hydrogens (tertiary/aromatic N) is 2. The van der Waals surface area contributed by atoms with Gasteiger partial charge in [0.2, 0.25) is 11.8 Å². The van der Waals surface area contributed by atoms with Gasteiger partial charge in [-0.25, -0.2) is 4.98 Å². The number of rotatable bonds is 5. The van der Waals surface area contributed by atoms with Gasteiger partial charge in [0.05, 0.1) is 19.0 Å². The molecule has 2 atom stereocenters. The molecule has 1 heterocycles. The highest BCUT2D eigenvalue weighted by atomic mass is 16.5. The normalized spacial score (nSPS) is 19.5. The molecule has 0 saturated heterocycles.